The highest BCUT2D eigenvalue weighted by atomic mass is 35.5. The number of carboxylic acid groups (broad SMARTS) is 1. The lowest BCUT2D eigenvalue weighted by molar-refractivity contribution is 0.0697. The Labute approximate surface area is 150 Å². The molecule has 4 nitrogen and oxygen atoms in total. The molecule has 1 atom stereocenters. The van der Waals surface area contributed by atoms with Gasteiger partial charge in [-0.1, -0.05) is 35.3 Å². The Morgan fingerprint density at radius 3 is 2.58 bits per heavy atom. The van der Waals surface area contributed by atoms with E-state index in [4.69, 9.17) is 33.0 Å². The molecule has 1 saturated heterocycles. The number of nitrogens with zero attached hydrogens (tertiary/aromatic N) is 1. The van der Waals surface area contributed by atoms with Gasteiger partial charge >= 0.3 is 5.97 Å². The summed E-state index contributed by atoms with van der Waals surface area (Å²) in [5.74, 6) is -0.181. The van der Waals surface area contributed by atoms with E-state index in [1.54, 1.807) is 24.3 Å². The number of rotatable bonds is 5. The third kappa shape index (κ3) is 4.20. The molecule has 1 heterocycles. The molecule has 0 amide bonds. The van der Waals surface area contributed by atoms with Crippen LogP contribution in [0.4, 0.5) is 0 Å². The maximum atomic E-state index is 10.9. The average Bonchev–Trinajstić information content (AvgIpc) is 2.98. The summed E-state index contributed by atoms with van der Waals surface area (Å²) in [5, 5.41) is 9.93. The second-order valence-electron chi connectivity index (χ2n) is 5.84. The zero-order chi connectivity index (χ0) is 17.1. The maximum absolute atomic E-state index is 10.9. The summed E-state index contributed by atoms with van der Waals surface area (Å²) in [6, 6.07) is 12.3. The van der Waals surface area contributed by atoms with Crippen molar-refractivity contribution < 1.29 is 14.6 Å². The van der Waals surface area contributed by atoms with E-state index in [1.165, 1.54) is 0 Å². The van der Waals surface area contributed by atoms with Gasteiger partial charge in [0, 0.05) is 25.7 Å². The van der Waals surface area contributed by atoms with Crippen molar-refractivity contribution in [2.45, 2.75) is 19.1 Å². The Morgan fingerprint density at radius 1 is 1.17 bits per heavy atom. The third-order valence-electron chi connectivity index (χ3n) is 4.03. The Bertz CT molecular complexity index is 734. The van der Waals surface area contributed by atoms with Gasteiger partial charge < -0.3 is 9.84 Å². The van der Waals surface area contributed by atoms with Crippen molar-refractivity contribution in [3.63, 3.8) is 0 Å². The largest absolute Gasteiger partial charge is 0.489 e. The van der Waals surface area contributed by atoms with Gasteiger partial charge in [-0.25, -0.2) is 4.79 Å². The van der Waals surface area contributed by atoms with Gasteiger partial charge in [0.25, 0.3) is 0 Å². The molecule has 6 heteroatoms. The van der Waals surface area contributed by atoms with Crippen LogP contribution in [0.25, 0.3) is 0 Å². The molecule has 0 radical (unpaired) electrons. The second-order valence-corrected chi connectivity index (χ2v) is 6.66. The normalized spacial score (nSPS) is 17.8. The molecule has 126 valence electrons. The summed E-state index contributed by atoms with van der Waals surface area (Å²) in [6.07, 6.45) is 1.05. The number of aromatic carboxylic acids is 1. The van der Waals surface area contributed by atoms with Crippen LogP contribution < -0.4 is 4.74 Å². The Kier molecular flexibility index (Phi) is 5.29. The number of carboxylic acids is 1. The molecule has 2 aromatic carbocycles. The highest BCUT2D eigenvalue weighted by Crippen LogP contribution is 2.28. The molecular formula is C18H17Cl2NO3. The predicted octanol–water partition coefficient (Wildman–Crippen LogP) is 4.34. The van der Waals surface area contributed by atoms with E-state index >= 15 is 0 Å². The second kappa shape index (κ2) is 7.43. The van der Waals surface area contributed by atoms with Gasteiger partial charge in [-0.05, 0) is 36.2 Å². The van der Waals surface area contributed by atoms with Crippen molar-refractivity contribution >= 4 is 29.2 Å². The average molecular weight is 366 g/mol. The minimum Gasteiger partial charge on any atom is -0.489 e. The SMILES string of the molecule is O=C(O)c1ccc(CN2CCC(Oc3ccc(Cl)c(Cl)c3)C2)cc1. The molecule has 1 N–H and O–H groups in total. The third-order valence-corrected chi connectivity index (χ3v) is 4.77. The standard InChI is InChI=1S/C18H17Cl2NO3/c19-16-6-5-14(9-17(16)20)24-15-7-8-21(11-15)10-12-1-3-13(4-2-12)18(22)23/h1-6,9,15H,7-8,10-11H2,(H,22,23). The fourth-order valence-electron chi connectivity index (χ4n) is 2.79. The lowest BCUT2D eigenvalue weighted by Gasteiger charge is -2.17. The zero-order valence-electron chi connectivity index (χ0n) is 12.9. The molecule has 0 spiro atoms. The summed E-state index contributed by atoms with van der Waals surface area (Å²) in [6.45, 7) is 2.54. The van der Waals surface area contributed by atoms with E-state index in [0.717, 1.165) is 37.4 Å². The monoisotopic (exact) mass is 365 g/mol. The number of likely N-dealkylation sites (tertiary alicyclic amines) is 1. The van der Waals surface area contributed by atoms with Crippen molar-refractivity contribution in [3.05, 3.63) is 63.6 Å². The summed E-state index contributed by atoms with van der Waals surface area (Å²) in [4.78, 5) is 13.2. The molecule has 0 saturated carbocycles. The van der Waals surface area contributed by atoms with Crippen molar-refractivity contribution in [3.8, 4) is 5.75 Å². The van der Waals surface area contributed by atoms with Crippen LogP contribution in [0.2, 0.25) is 10.0 Å². The Balaban J connectivity index is 1.55. The lowest BCUT2D eigenvalue weighted by atomic mass is 10.1. The van der Waals surface area contributed by atoms with E-state index < -0.39 is 5.97 Å². The number of carbonyl (C=O) groups is 1. The Hall–Kier alpha value is -1.75. The van der Waals surface area contributed by atoms with Crippen molar-refractivity contribution in [2.75, 3.05) is 13.1 Å². The van der Waals surface area contributed by atoms with E-state index in [-0.39, 0.29) is 6.10 Å². The van der Waals surface area contributed by atoms with Gasteiger partial charge in [-0.15, -0.1) is 0 Å². The Morgan fingerprint density at radius 2 is 1.92 bits per heavy atom. The minimum atomic E-state index is -0.905. The number of hydrogen-bond donors (Lipinski definition) is 1. The number of benzene rings is 2. The first kappa shape index (κ1) is 17.1. The van der Waals surface area contributed by atoms with Gasteiger partial charge in [-0.2, -0.15) is 0 Å². The van der Waals surface area contributed by atoms with Crippen LogP contribution in [-0.4, -0.2) is 35.2 Å². The molecule has 1 fully saturated rings. The molecular weight excluding hydrogens is 349 g/mol. The van der Waals surface area contributed by atoms with E-state index in [1.807, 2.05) is 18.2 Å². The highest BCUT2D eigenvalue weighted by Gasteiger charge is 2.24. The van der Waals surface area contributed by atoms with E-state index in [2.05, 4.69) is 4.90 Å². The first-order valence-corrected chi connectivity index (χ1v) is 8.43. The molecule has 24 heavy (non-hydrogen) atoms. The van der Waals surface area contributed by atoms with Gasteiger partial charge in [-0.3, -0.25) is 4.90 Å². The fourth-order valence-corrected chi connectivity index (χ4v) is 3.08. The van der Waals surface area contributed by atoms with Gasteiger partial charge in [0.1, 0.15) is 11.9 Å². The molecule has 1 aliphatic heterocycles. The van der Waals surface area contributed by atoms with Crippen LogP contribution in [0.3, 0.4) is 0 Å². The van der Waals surface area contributed by atoms with Crippen LogP contribution in [0, 0.1) is 0 Å². The molecule has 1 aliphatic rings. The van der Waals surface area contributed by atoms with Gasteiger partial charge in [0.05, 0.1) is 15.6 Å². The van der Waals surface area contributed by atoms with E-state index in [0.29, 0.717) is 15.6 Å². The van der Waals surface area contributed by atoms with Crippen LogP contribution in [0.5, 0.6) is 5.75 Å². The van der Waals surface area contributed by atoms with Crippen LogP contribution >= 0.6 is 23.2 Å². The van der Waals surface area contributed by atoms with Gasteiger partial charge in [0.15, 0.2) is 0 Å². The topological polar surface area (TPSA) is 49.8 Å². The molecule has 0 aromatic heterocycles. The first-order chi connectivity index (χ1) is 11.5. The van der Waals surface area contributed by atoms with Crippen molar-refractivity contribution in [1.82, 2.24) is 4.90 Å². The summed E-state index contributed by atoms with van der Waals surface area (Å²) in [5.41, 5.74) is 1.40. The minimum absolute atomic E-state index is 0.112. The highest BCUT2D eigenvalue weighted by molar-refractivity contribution is 6.42. The maximum Gasteiger partial charge on any atom is 0.335 e. The molecule has 3 rings (SSSR count). The molecule has 0 bridgehead atoms. The van der Waals surface area contributed by atoms with Crippen LogP contribution in [-0.2, 0) is 6.54 Å². The number of ether oxygens (including phenoxy) is 1. The molecule has 2 aromatic rings. The summed E-state index contributed by atoms with van der Waals surface area (Å²) in [7, 11) is 0. The lowest BCUT2D eigenvalue weighted by Crippen LogP contribution is -2.24. The molecule has 0 aliphatic carbocycles. The van der Waals surface area contributed by atoms with Crippen LogP contribution in [0.1, 0.15) is 22.3 Å². The van der Waals surface area contributed by atoms with Crippen molar-refractivity contribution in [1.29, 1.82) is 0 Å². The van der Waals surface area contributed by atoms with Crippen LogP contribution in [0.15, 0.2) is 42.5 Å². The quantitative estimate of drug-likeness (QED) is 0.855. The van der Waals surface area contributed by atoms with Crippen molar-refractivity contribution in [2.24, 2.45) is 0 Å². The predicted molar refractivity (Wildman–Crippen MR) is 94.2 cm³/mol. The number of halogens is 2. The van der Waals surface area contributed by atoms with E-state index in [9.17, 15) is 4.79 Å². The number of hydrogen-bond acceptors (Lipinski definition) is 3. The van der Waals surface area contributed by atoms with Gasteiger partial charge in [0.2, 0.25) is 0 Å². The summed E-state index contributed by atoms with van der Waals surface area (Å²) >= 11 is 11.9. The fraction of sp³-hybridized carbons (Fsp3) is 0.278. The smallest absolute Gasteiger partial charge is 0.335 e. The summed E-state index contributed by atoms with van der Waals surface area (Å²) < 4.78 is 5.97. The zero-order valence-corrected chi connectivity index (χ0v) is 14.4. The molecule has 1 unspecified atom stereocenters. The first-order valence-electron chi connectivity index (χ1n) is 7.67.